The molecule has 0 fully saturated rings. The van der Waals surface area contributed by atoms with Crippen LogP contribution in [0.25, 0.3) is 39.0 Å². The molecule has 0 saturated carbocycles. The average Bonchev–Trinajstić information content (AvgIpc) is 3.80. The maximum atomic E-state index is 2.70. The van der Waals surface area contributed by atoms with Crippen molar-refractivity contribution >= 4 is 34.0 Å². The normalized spacial score (nSPS) is 16.5. The van der Waals surface area contributed by atoms with Gasteiger partial charge in [0.05, 0.1) is 22.8 Å². The molecule has 9 aromatic carbocycles. The molecule has 2 nitrogen and oxygen atoms in total. The van der Waals surface area contributed by atoms with E-state index in [-0.39, 0.29) is 11.5 Å². The van der Waals surface area contributed by atoms with Crippen LogP contribution in [-0.4, -0.2) is 6.04 Å². The van der Waals surface area contributed by atoms with Crippen molar-refractivity contribution in [2.75, 3.05) is 9.80 Å². The van der Waals surface area contributed by atoms with Gasteiger partial charge in [-0.1, -0.05) is 208 Å². The molecule has 9 aromatic rings. The summed E-state index contributed by atoms with van der Waals surface area (Å²) in [7, 11) is 0. The van der Waals surface area contributed by atoms with E-state index in [2.05, 4.69) is 260 Å². The van der Waals surface area contributed by atoms with Gasteiger partial charge in [0.1, 0.15) is 0 Å². The quantitative estimate of drug-likeness (QED) is 0.165. The lowest BCUT2D eigenvalue weighted by Gasteiger charge is -2.47. The van der Waals surface area contributed by atoms with E-state index < -0.39 is 5.41 Å². The van der Waals surface area contributed by atoms with E-state index >= 15 is 0 Å². The van der Waals surface area contributed by atoms with E-state index in [1.807, 2.05) is 0 Å². The van der Waals surface area contributed by atoms with Gasteiger partial charge in [-0.3, -0.25) is 0 Å². The van der Waals surface area contributed by atoms with E-state index in [1.54, 1.807) is 0 Å². The molecule has 0 bridgehead atoms. The van der Waals surface area contributed by atoms with Gasteiger partial charge in [0.2, 0.25) is 0 Å². The summed E-state index contributed by atoms with van der Waals surface area (Å²) in [5.41, 5.74) is 23.7. The van der Waals surface area contributed by atoms with Gasteiger partial charge in [-0.15, -0.1) is 0 Å². The third-order valence-corrected chi connectivity index (χ3v) is 15.0. The van der Waals surface area contributed by atoms with E-state index in [0.29, 0.717) is 0 Å². The van der Waals surface area contributed by atoms with Crippen molar-refractivity contribution in [3.8, 4) is 33.4 Å². The van der Waals surface area contributed by atoms with E-state index in [4.69, 9.17) is 0 Å². The molecule has 2 heteroatoms. The highest BCUT2D eigenvalue weighted by molar-refractivity contribution is 5.99. The van der Waals surface area contributed by atoms with Gasteiger partial charge in [-0.05, 0) is 116 Å². The molecule has 0 N–H and O–H groups in total. The summed E-state index contributed by atoms with van der Waals surface area (Å²) < 4.78 is 0. The van der Waals surface area contributed by atoms with Gasteiger partial charge in [-0.25, -0.2) is 0 Å². The number of hydrogen-bond donors (Lipinski definition) is 0. The third kappa shape index (κ3) is 5.48. The summed E-state index contributed by atoms with van der Waals surface area (Å²) in [6, 6.07) is 83.5. The van der Waals surface area contributed by atoms with Gasteiger partial charge >= 0.3 is 0 Å². The van der Waals surface area contributed by atoms with Crippen LogP contribution in [0.4, 0.5) is 28.4 Å². The zero-order valence-corrected chi connectivity index (χ0v) is 37.2. The number of anilines is 5. The van der Waals surface area contributed by atoms with Crippen LogP contribution in [0.15, 0.2) is 242 Å². The summed E-state index contributed by atoms with van der Waals surface area (Å²) in [4.78, 5) is 5.18. The van der Waals surface area contributed by atoms with Crippen LogP contribution in [-0.2, 0) is 10.8 Å². The van der Waals surface area contributed by atoms with Crippen LogP contribution in [0.1, 0.15) is 53.6 Å². The molecule has 1 atom stereocenters. The Morgan fingerprint density at radius 2 is 0.970 bits per heavy atom. The molecule has 4 aliphatic rings. The van der Waals surface area contributed by atoms with Crippen LogP contribution < -0.4 is 9.80 Å². The van der Waals surface area contributed by atoms with Gasteiger partial charge in [0.15, 0.2) is 0 Å². The fraction of sp³-hybridized carbons (Fsp3) is 0.0938. The van der Waals surface area contributed by atoms with Crippen molar-refractivity contribution < 1.29 is 0 Å². The van der Waals surface area contributed by atoms with Crippen molar-refractivity contribution in [2.24, 2.45) is 0 Å². The van der Waals surface area contributed by atoms with Gasteiger partial charge in [-0.2, -0.15) is 0 Å². The molecular weight excluding hydrogens is 797 g/mol. The minimum atomic E-state index is -0.518. The fourth-order valence-electron chi connectivity index (χ4n) is 12.3. The van der Waals surface area contributed by atoms with Crippen LogP contribution in [0.3, 0.4) is 0 Å². The Bertz CT molecular complexity index is 3400. The van der Waals surface area contributed by atoms with Crippen LogP contribution in [0.5, 0.6) is 0 Å². The molecule has 0 saturated heterocycles. The Morgan fingerprint density at radius 1 is 0.439 bits per heavy atom. The highest BCUT2D eigenvalue weighted by atomic mass is 15.2. The molecule has 0 aromatic heterocycles. The number of fused-ring (bicyclic) bond motifs is 11. The zero-order valence-electron chi connectivity index (χ0n) is 37.2. The monoisotopic (exact) mass is 844 g/mol. The second kappa shape index (κ2) is 14.8. The summed E-state index contributed by atoms with van der Waals surface area (Å²) in [6.07, 6.45) is 5.80. The Labute approximate surface area is 388 Å². The predicted octanol–water partition coefficient (Wildman–Crippen LogP) is 16.4. The number of benzene rings is 9. The summed E-state index contributed by atoms with van der Waals surface area (Å²) in [6.45, 7) is 4.78. The molecule has 13 rings (SSSR count). The molecule has 0 radical (unpaired) electrons. The molecule has 1 spiro atoms. The lowest BCUT2D eigenvalue weighted by Crippen LogP contribution is -2.40. The SMILES string of the molecule is CC1(C)c2ccccc2-c2c(N(c3ccccc3-c3cccc(-c4ccccc4)c3)C3C=CC4=C(C3)C3(c5ccccc54)c4ccccc4N(c4ccccc4)c4ccccc43)cccc21. The third-order valence-electron chi connectivity index (χ3n) is 15.0. The van der Waals surface area contributed by atoms with Gasteiger partial charge in [0.25, 0.3) is 0 Å². The first kappa shape index (κ1) is 38.5. The topological polar surface area (TPSA) is 6.48 Å². The Hall–Kier alpha value is -7.94. The van der Waals surface area contributed by atoms with E-state index in [0.717, 1.165) is 12.1 Å². The molecular formula is C64H48N2. The lowest BCUT2D eigenvalue weighted by atomic mass is 9.62. The minimum Gasteiger partial charge on any atom is -0.333 e. The van der Waals surface area contributed by atoms with Crippen molar-refractivity contribution in [2.45, 2.75) is 37.1 Å². The first-order chi connectivity index (χ1) is 32.5. The standard InChI is InChI=1S/C64H48N2/c1-63(2)52-30-12-10-29-51(52)62-56(63)34-20-38-61(62)66(58-35-16-11-27-48(58)45-24-19-23-44(41-45)43-21-5-3-6-22-43)47-39-40-50-49-28-9-13-31-53(49)64(57(50)42-47)54-32-14-17-36-59(54)65(46-25-7-4-8-26-46)60-37-18-15-33-55(60)64/h3-41,47H,42H2,1-2H3. The molecule has 3 aliphatic carbocycles. The zero-order chi connectivity index (χ0) is 44.0. The number of para-hydroxylation sites is 4. The maximum Gasteiger partial charge on any atom is 0.0718 e. The number of hydrogen-bond acceptors (Lipinski definition) is 2. The Morgan fingerprint density at radius 3 is 1.71 bits per heavy atom. The lowest BCUT2D eigenvalue weighted by molar-refractivity contribution is 0.646. The smallest absolute Gasteiger partial charge is 0.0718 e. The average molecular weight is 845 g/mol. The predicted molar refractivity (Wildman–Crippen MR) is 275 cm³/mol. The van der Waals surface area contributed by atoms with Crippen molar-refractivity contribution in [3.63, 3.8) is 0 Å². The molecule has 1 aliphatic heterocycles. The second-order valence-electron chi connectivity index (χ2n) is 18.7. The van der Waals surface area contributed by atoms with Gasteiger partial charge in [0, 0.05) is 33.6 Å². The number of nitrogens with zero attached hydrogens (tertiary/aromatic N) is 2. The summed E-state index contributed by atoms with van der Waals surface area (Å²) >= 11 is 0. The molecule has 66 heavy (non-hydrogen) atoms. The first-order valence-electron chi connectivity index (χ1n) is 23.4. The van der Waals surface area contributed by atoms with Crippen molar-refractivity contribution in [1.82, 2.24) is 0 Å². The Kier molecular flexibility index (Phi) is 8.64. The highest BCUT2D eigenvalue weighted by Gasteiger charge is 2.54. The highest BCUT2D eigenvalue weighted by Crippen LogP contribution is 2.65. The molecule has 0 amide bonds. The van der Waals surface area contributed by atoms with Crippen molar-refractivity contribution in [1.29, 1.82) is 0 Å². The maximum absolute atomic E-state index is 2.70. The van der Waals surface area contributed by atoms with E-state index in [1.165, 1.54) is 101 Å². The van der Waals surface area contributed by atoms with Crippen LogP contribution in [0.2, 0.25) is 0 Å². The molecule has 1 heterocycles. The van der Waals surface area contributed by atoms with E-state index in [9.17, 15) is 0 Å². The summed E-state index contributed by atoms with van der Waals surface area (Å²) in [5.74, 6) is 0. The number of allylic oxidation sites excluding steroid dienone is 2. The molecule has 1 unspecified atom stereocenters. The molecule has 314 valence electrons. The van der Waals surface area contributed by atoms with Gasteiger partial charge < -0.3 is 9.80 Å². The minimum absolute atomic E-state index is 0.0257. The largest absolute Gasteiger partial charge is 0.333 e. The number of rotatable bonds is 6. The first-order valence-corrected chi connectivity index (χ1v) is 23.4. The fourth-order valence-corrected chi connectivity index (χ4v) is 12.3. The van der Waals surface area contributed by atoms with Crippen molar-refractivity contribution in [3.05, 3.63) is 276 Å². The second-order valence-corrected chi connectivity index (χ2v) is 18.7. The van der Waals surface area contributed by atoms with Crippen LogP contribution in [0, 0.1) is 0 Å². The summed E-state index contributed by atoms with van der Waals surface area (Å²) in [5, 5.41) is 0. The van der Waals surface area contributed by atoms with Crippen LogP contribution >= 0.6 is 0 Å². The Balaban J connectivity index is 1.05.